The molecule has 0 atom stereocenters. The third kappa shape index (κ3) is 5.94. The Morgan fingerprint density at radius 1 is 0.912 bits per heavy atom. The fraction of sp³-hybridized carbons (Fsp3) is 0.308. The van der Waals surface area contributed by atoms with Gasteiger partial charge in [-0.25, -0.2) is 13.8 Å². The van der Waals surface area contributed by atoms with Crippen molar-refractivity contribution in [2.75, 3.05) is 17.1 Å². The van der Waals surface area contributed by atoms with Crippen LogP contribution in [0.4, 0.5) is 5.69 Å². The van der Waals surface area contributed by atoms with Crippen LogP contribution in [0.3, 0.4) is 0 Å². The van der Waals surface area contributed by atoms with Crippen molar-refractivity contribution in [2.45, 2.75) is 41.5 Å². The molecule has 0 aliphatic rings. The molecule has 0 unspecified atom stereocenters. The fourth-order valence-electron chi connectivity index (χ4n) is 4.23. The molecular formula is C26H32N4O3S. The molecule has 0 fully saturated rings. The Hall–Kier alpha value is -3.39. The molecule has 7 nitrogen and oxygen atoms in total. The van der Waals surface area contributed by atoms with Crippen LogP contribution in [-0.2, 0) is 14.8 Å². The molecule has 8 heteroatoms. The van der Waals surface area contributed by atoms with Crippen molar-refractivity contribution in [2.24, 2.45) is 5.10 Å². The lowest BCUT2D eigenvalue weighted by Gasteiger charge is -2.22. The minimum absolute atomic E-state index is 0.360. The van der Waals surface area contributed by atoms with E-state index < -0.39 is 15.9 Å². The van der Waals surface area contributed by atoms with Crippen LogP contribution in [0.15, 0.2) is 47.6 Å². The highest BCUT2D eigenvalue weighted by Crippen LogP contribution is 2.23. The molecule has 0 radical (unpaired) electrons. The molecule has 34 heavy (non-hydrogen) atoms. The molecule has 3 rings (SSSR count). The molecule has 0 aliphatic carbocycles. The number of aryl methyl sites for hydroxylation is 5. The lowest BCUT2D eigenvalue weighted by molar-refractivity contribution is -0.119. The van der Waals surface area contributed by atoms with Crippen molar-refractivity contribution < 1.29 is 13.2 Å². The topological polar surface area (TPSA) is 83.8 Å². The fourth-order valence-corrected chi connectivity index (χ4v) is 5.07. The molecule has 1 amide bonds. The highest BCUT2D eigenvalue weighted by Gasteiger charge is 2.21. The van der Waals surface area contributed by atoms with Gasteiger partial charge in [0.1, 0.15) is 6.54 Å². The first kappa shape index (κ1) is 25.2. The number of hydrogen-bond donors (Lipinski definition) is 1. The summed E-state index contributed by atoms with van der Waals surface area (Å²) in [5.41, 5.74) is 11.1. The van der Waals surface area contributed by atoms with Crippen LogP contribution in [0, 0.1) is 41.5 Å². The van der Waals surface area contributed by atoms with E-state index in [1.54, 1.807) is 18.3 Å². The van der Waals surface area contributed by atoms with Crippen LogP contribution in [0.1, 0.15) is 39.2 Å². The SMILES string of the molecule is Cc1cc(C)cc(N(CC(=O)N/N=C\c2cc(C)n(-c3cc(C)cc(C)c3)c2C)S(C)(=O)=O)c1. The molecule has 1 aromatic heterocycles. The summed E-state index contributed by atoms with van der Waals surface area (Å²) in [5, 5.41) is 4.09. The Morgan fingerprint density at radius 2 is 1.44 bits per heavy atom. The monoisotopic (exact) mass is 480 g/mol. The zero-order valence-electron chi connectivity index (χ0n) is 20.8. The van der Waals surface area contributed by atoms with Gasteiger partial charge in [-0.3, -0.25) is 9.10 Å². The summed E-state index contributed by atoms with van der Waals surface area (Å²) in [7, 11) is -3.65. The van der Waals surface area contributed by atoms with Crippen molar-refractivity contribution >= 4 is 27.8 Å². The quantitative estimate of drug-likeness (QED) is 0.405. The van der Waals surface area contributed by atoms with E-state index in [-0.39, 0.29) is 6.54 Å². The Labute approximate surface area is 202 Å². The molecule has 1 N–H and O–H groups in total. The van der Waals surface area contributed by atoms with Gasteiger partial charge in [-0.2, -0.15) is 5.10 Å². The molecule has 0 saturated heterocycles. The Bertz CT molecular complexity index is 1330. The van der Waals surface area contributed by atoms with Crippen LogP contribution in [0.5, 0.6) is 0 Å². The van der Waals surface area contributed by atoms with Gasteiger partial charge in [0, 0.05) is 22.6 Å². The number of sulfonamides is 1. The summed E-state index contributed by atoms with van der Waals surface area (Å²) in [6.07, 6.45) is 2.67. The highest BCUT2D eigenvalue weighted by molar-refractivity contribution is 7.92. The van der Waals surface area contributed by atoms with Gasteiger partial charge in [-0.05, 0) is 94.1 Å². The molecule has 0 aliphatic heterocycles. The summed E-state index contributed by atoms with van der Waals surface area (Å²) in [6, 6.07) is 13.8. The number of amides is 1. The Morgan fingerprint density at radius 3 is 1.97 bits per heavy atom. The van der Waals surface area contributed by atoms with Crippen molar-refractivity contribution in [1.29, 1.82) is 0 Å². The average Bonchev–Trinajstić information content (AvgIpc) is 2.97. The molecule has 1 heterocycles. The average molecular weight is 481 g/mol. The number of benzene rings is 2. The number of aromatic nitrogens is 1. The van der Waals surface area contributed by atoms with Crippen molar-refractivity contribution in [3.63, 3.8) is 0 Å². The Balaban J connectivity index is 1.78. The first-order valence-corrected chi connectivity index (χ1v) is 12.9. The van der Waals surface area contributed by atoms with E-state index in [0.717, 1.165) is 44.3 Å². The molecule has 2 aromatic carbocycles. The van der Waals surface area contributed by atoms with Gasteiger partial charge < -0.3 is 4.57 Å². The van der Waals surface area contributed by atoms with Gasteiger partial charge in [-0.1, -0.05) is 12.1 Å². The third-order valence-corrected chi connectivity index (χ3v) is 6.65. The van der Waals surface area contributed by atoms with Crippen LogP contribution in [-0.4, -0.2) is 37.9 Å². The summed E-state index contributed by atoms with van der Waals surface area (Å²) in [5.74, 6) is -0.524. The van der Waals surface area contributed by atoms with Gasteiger partial charge in [0.15, 0.2) is 0 Å². The van der Waals surface area contributed by atoms with E-state index in [0.29, 0.717) is 5.69 Å². The standard InChI is InChI=1S/C26H32N4O3S/c1-17-8-18(2)11-24(10-17)29(34(7,32)33)16-26(31)28-27-15-23-14-21(5)30(22(23)6)25-12-19(3)9-20(4)13-25/h8-15H,16H2,1-7H3,(H,28,31)/b27-15-. The highest BCUT2D eigenvalue weighted by atomic mass is 32.2. The van der Waals surface area contributed by atoms with Crippen LogP contribution in [0.25, 0.3) is 5.69 Å². The van der Waals surface area contributed by atoms with E-state index >= 15 is 0 Å². The second kappa shape index (κ2) is 9.85. The molecule has 0 saturated carbocycles. The van der Waals surface area contributed by atoms with Gasteiger partial charge in [0.05, 0.1) is 18.2 Å². The first-order valence-electron chi connectivity index (χ1n) is 11.0. The van der Waals surface area contributed by atoms with Crippen molar-refractivity contribution in [3.8, 4) is 5.69 Å². The minimum Gasteiger partial charge on any atom is -0.318 e. The second-order valence-electron chi connectivity index (χ2n) is 8.92. The maximum absolute atomic E-state index is 12.6. The second-order valence-corrected chi connectivity index (χ2v) is 10.8. The van der Waals surface area contributed by atoms with E-state index in [9.17, 15) is 13.2 Å². The van der Waals surface area contributed by atoms with E-state index in [1.165, 1.54) is 11.1 Å². The summed E-state index contributed by atoms with van der Waals surface area (Å²) >= 11 is 0. The Kier molecular flexibility index (Phi) is 7.31. The zero-order valence-corrected chi connectivity index (χ0v) is 21.6. The van der Waals surface area contributed by atoms with Crippen LogP contribution >= 0.6 is 0 Å². The molecule has 0 spiro atoms. The number of nitrogens with one attached hydrogen (secondary N) is 1. The predicted molar refractivity (Wildman–Crippen MR) is 139 cm³/mol. The maximum Gasteiger partial charge on any atom is 0.260 e. The van der Waals surface area contributed by atoms with Crippen molar-refractivity contribution in [1.82, 2.24) is 9.99 Å². The smallest absolute Gasteiger partial charge is 0.260 e. The van der Waals surface area contributed by atoms with Crippen LogP contribution < -0.4 is 9.73 Å². The zero-order chi connectivity index (χ0) is 25.2. The summed E-state index contributed by atoms with van der Waals surface area (Å²) < 4.78 is 27.9. The van der Waals surface area contributed by atoms with Gasteiger partial charge in [-0.15, -0.1) is 0 Å². The number of anilines is 1. The summed E-state index contributed by atoms with van der Waals surface area (Å²) in [6.45, 7) is 11.6. The van der Waals surface area contributed by atoms with Gasteiger partial charge in [0.25, 0.3) is 5.91 Å². The van der Waals surface area contributed by atoms with E-state index in [1.807, 2.05) is 39.8 Å². The minimum atomic E-state index is -3.65. The number of hydrogen-bond acceptors (Lipinski definition) is 4. The van der Waals surface area contributed by atoms with Gasteiger partial charge in [0.2, 0.25) is 10.0 Å². The largest absolute Gasteiger partial charge is 0.318 e. The summed E-state index contributed by atoms with van der Waals surface area (Å²) in [4.78, 5) is 12.6. The number of carbonyl (C=O) groups excluding carboxylic acids is 1. The number of hydrazone groups is 1. The molecule has 180 valence electrons. The third-order valence-electron chi connectivity index (χ3n) is 5.51. The van der Waals surface area contributed by atoms with E-state index in [2.05, 4.69) is 47.1 Å². The van der Waals surface area contributed by atoms with Crippen molar-refractivity contribution in [3.05, 3.63) is 81.7 Å². The van der Waals surface area contributed by atoms with Crippen LogP contribution in [0.2, 0.25) is 0 Å². The number of rotatable bonds is 7. The molecule has 0 bridgehead atoms. The first-order chi connectivity index (χ1) is 15.8. The molecular weight excluding hydrogens is 448 g/mol. The number of carbonyl (C=O) groups is 1. The predicted octanol–water partition coefficient (Wildman–Crippen LogP) is 4.24. The maximum atomic E-state index is 12.6. The lowest BCUT2D eigenvalue weighted by atomic mass is 10.1. The molecule has 3 aromatic rings. The lowest BCUT2D eigenvalue weighted by Crippen LogP contribution is -2.39. The van der Waals surface area contributed by atoms with E-state index in [4.69, 9.17) is 0 Å². The normalized spacial score (nSPS) is 11.7. The number of nitrogens with zero attached hydrogens (tertiary/aromatic N) is 3. The van der Waals surface area contributed by atoms with Gasteiger partial charge >= 0.3 is 0 Å².